The van der Waals surface area contributed by atoms with Crippen molar-refractivity contribution in [1.82, 2.24) is 0 Å². The van der Waals surface area contributed by atoms with Gasteiger partial charge in [0.1, 0.15) is 6.61 Å². The molecule has 0 saturated carbocycles. The van der Waals surface area contributed by atoms with Crippen LogP contribution < -0.4 is 4.74 Å². The first-order valence-electron chi connectivity index (χ1n) is 4.83. The standard InChI is InChI=1S/C10H9BrN2O5/c11-5-1-2-6-18-10-4-3-8(12(14)15)7-9(10)13(16)17/h1-4,7H,5-6H2/b2-1+. The Morgan fingerprint density at radius 1 is 1.22 bits per heavy atom. The van der Waals surface area contributed by atoms with E-state index >= 15 is 0 Å². The fourth-order valence-electron chi connectivity index (χ4n) is 1.15. The Labute approximate surface area is 110 Å². The van der Waals surface area contributed by atoms with Crippen LogP contribution in [0, 0.1) is 20.2 Å². The largest absolute Gasteiger partial charge is 0.483 e. The van der Waals surface area contributed by atoms with Gasteiger partial charge in [-0.05, 0) is 6.07 Å². The van der Waals surface area contributed by atoms with Gasteiger partial charge in [0.25, 0.3) is 5.69 Å². The molecule has 1 aromatic rings. The molecule has 0 aromatic heterocycles. The molecule has 0 aliphatic carbocycles. The molecule has 0 bridgehead atoms. The van der Waals surface area contributed by atoms with E-state index in [9.17, 15) is 20.2 Å². The van der Waals surface area contributed by atoms with Gasteiger partial charge in [-0.15, -0.1) is 0 Å². The smallest absolute Gasteiger partial charge is 0.317 e. The van der Waals surface area contributed by atoms with Gasteiger partial charge < -0.3 is 4.74 Å². The fourth-order valence-corrected chi connectivity index (χ4v) is 1.42. The zero-order valence-corrected chi connectivity index (χ0v) is 10.7. The quantitative estimate of drug-likeness (QED) is 0.348. The number of alkyl halides is 1. The van der Waals surface area contributed by atoms with E-state index in [0.29, 0.717) is 5.33 Å². The van der Waals surface area contributed by atoms with Crippen molar-refractivity contribution in [3.8, 4) is 5.75 Å². The number of hydrogen-bond donors (Lipinski definition) is 0. The molecule has 0 saturated heterocycles. The van der Waals surface area contributed by atoms with Gasteiger partial charge >= 0.3 is 5.69 Å². The van der Waals surface area contributed by atoms with Crippen LogP contribution >= 0.6 is 15.9 Å². The summed E-state index contributed by atoms with van der Waals surface area (Å²) in [5.74, 6) is 0.00447. The number of nitrogens with zero attached hydrogens (tertiary/aromatic N) is 2. The summed E-state index contributed by atoms with van der Waals surface area (Å²) < 4.78 is 5.16. The first-order valence-corrected chi connectivity index (χ1v) is 5.95. The minimum absolute atomic E-state index is 0.00447. The summed E-state index contributed by atoms with van der Waals surface area (Å²) in [6.45, 7) is 0.157. The molecule has 0 heterocycles. The summed E-state index contributed by atoms with van der Waals surface area (Å²) >= 11 is 3.17. The van der Waals surface area contributed by atoms with Crippen LogP contribution in [-0.2, 0) is 0 Å². The fraction of sp³-hybridized carbons (Fsp3) is 0.200. The monoisotopic (exact) mass is 316 g/mol. The Bertz CT molecular complexity index is 489. The Hall–Kier alpha value is -1.96. The van der Waals surface area contributed by atoms with Gasteiger partial charge in [0.15, 0.2) is 5.75 Å². The molecule has 0 fully saturated rings. The zero-order valence-electron chi connectivity index (χ0n) is 9.11. The Morgan fingerprint density at radius 2 is 1.94 bits per heavy atom. The predicted molar refractivity (Wildman–Crippen MR) is 68.2 cm³/mol. The second kappa shape index (κ2) is 6.70. The van der Waals surface area contributed by atoms with E-state index in [-0.39, 0.29) is 18.0 Å². The molecular formula is C10H9BrN2O5. The highest BCUT2D eigenvalue weighted by atomic mass is 79.9. The number of ether oxygens (including phenoxy) is 1. The molecule has 0 unspecified atom stereocenters. The highest BCUT2D eigenvalue weighted by molar-refractivity contribution is 9.09. The first-order chi connectivity index (χ1) is 8.56. The third-order valence-corrected chi connectivity index (χ3v) is 2.31. The molecule has 0 spiro atoms. The highest BCUT2D eigenvalue weighted by Crippen LogP contribution is 2.30. The second-order valence-corrected chi connectivity index (χ2v) is 3.75. The normalized spacial score (nSPS) is 10.5. The Kier molecular flexibility index (Phi) is 5.25. The molecule has 0 radical (unpaired) electrons. The van der Waals surface area contributed by atoms with Gasteiger partial charge in [-0.25, -0.2) is 0 Å². The number of non-ortho nitro benzene ring substituents is 1. The number of hydrogen-bond acceptors (Lipinski definition) is 5. The van der Waals surface area contributed by atoms with Gasteiger partial charge in [-0.3, -0.25) is 20.2 Å². The van der Waals surface area contributed by atoms with E-state index in [1.54, 1.807) is 12.2 Å². The number of benzene rings is 1. The number of rotatable bonds is 6. The third kappa shape index (κ3) is 3.81. The molecular weight excluding hydrogens is 308 g/mol. The molecule has 1 rings (SSSR count). The first kappa shape index (κ1) is 14.1. The maximum absolute atomic E-state index is 10.8. The van der Waals surface area contributed by atoms with Crippen molar-refractivity contribution in [3.63, 3.8) is 0 Å². The molecule has 7 nitrogen and oxygen atoms in total. The third-order valence-electron chi connectivity index (χ3n) is 1.94. The van der Waals surface area contributed by atoms with E-state index in [0.717, 1.165) is 12.1 Å². The second-order valence-electron chi connectivity index (χ2n) is 3.10. The van der Waals surface area contributed by atoms with Crippen LogP contribution in [0.1, 0.15) is 0 Å². The van der Waals surface area contributed by atoms with Gasteiger partial charge in [0, 0.05) is 11.4 Å². The molecule has 1 aromatic carbocycles. The lowest BCUT2D eigenvalue weighted by Gasteiger charge is -2.03. The number of nitro benzene ring substituents is 2. The van der Waals surface area contributed by atoms with E-state index < -0.39 is 15.5 Å². The molecule has 96 valence electrons. The van der Waals surface area contributed by atoms with Crippen LogP contribution in [-0.4, -0.2) is 21.8 Å². The van der Waals surface area contributed by atoms with Crippen LogP contribution in [0.15, 0.2) is 30.4 Å². The average Bonchev–Trinajstić information content (AvgIpc) is 2.34. The molecule has 0 N–H and O–H groups in total. The minimum Gasteiger partial charge on any atom is -0.483 e. The molecule has 0 atom stereocenters. The summed E-state index contributed by atoms with van der Waals surface area (Å²) in [5.41, 5.74) is -0.763. The van der Waals surface area contributed by atoms with Crippen LogP contribution in [0.2, 0.25) is 0 Å². The molecule has 8 heteroatoms. The van der Waals surface area contributed by atoms with Gasteiger partial charge in [-0.1, -0.05) is 28.1 Å². The lowest BCUT2D eigenvalue weighted by atomic mass is 10.2. The summed E-state index contributed by atoms with van der Waals surface area (Å²) in [4.78, 5) is 19.9. The van der Waals surface area contributed by atoms with Crippen molar-refractivity contribution < 1.29 is 14.6 Å². The van der Waals surface area contributed by atoms with Gasteiger partial charge in [0.2, 0.25) is 0 Å². The van der Waals surface area contributed by atoms with Crippen LogP contribution in [0.5, 0.6) is 5.75 Å². The lowest BCUT2D eigenvalue weighted by molar-refractivity contribution is -0.394. The summed E-state index contributed by atoms with van der Waals surface area (Å²) in [5, 5.41) is 21.9. The zero-order chi connectivity index (χ0) is 13.5. The van der Waals surface area contributed by atoms with Crippen LogP contribution in [0.3, 0.4) is 0 Å². The number of nitro groups is 2. The maximum atomic E-state index is 10.8. The molecule has 18 heavy (non-hydrogen) atoms. The van der Waals surface area contributed by atoms with Crippen molar-refractivity contribution in [1.29, 1.82) is 0 Å². The van der Waals surface area contributed by atoms with Crippen molar-refractivity contribution in [2.24, 2.45) is 0 Å². The summed E-state index contributed by atoms with van der Waals surface area (Å²) in [7, 11) is 0. The maximum Gasteiger partial charge on any atom is 0.317 e. The molecule has 0 aliphatic heterocycles. The van der Waals surface area contributed by atoms with Crippen LogP contribution in [0.25, 0.3) is 0 Å². The average molecular weight is 317 g/mol. The van der Waals surface area contributed by atoms with Crippen molar-refractivity contribution in [2.45, 2.75) is 0 Å². The highest BCUT2D eigenvalue weighted by Gasteiger charge is 2.20. The lowest BCUT2D eigenvalue weighted by Crippen LogP contribution is -1.99. The molecule has 0 amide bonds. The minimum atomic E-state index is -0.712. The van der Waals surface area contributed by atoms with E-state index in [1.807, 2.05) is 0 Å². The van der Waals surface area contributed by atoms with E-state index in [4.69, 9.17) is 4.74 Å². The molecule has 0 aliphatic rings. The van der Waals surface area contributed by atoms with Crippen molar-refractivity contribution >= 4 is 27.3 Å². The van der Waals surface area contributed by atoms with E-state index in [2.05, 4.69) is 15.9 Å². The van der Waals surface area contributed by atoms with Crippen molar-refractivity contribution in [2.75, 3.05) is 11.9 Å². The Morgan fingerprint density at radius 3 is 2.50 bits per heavy atom. The Balaban J connectivity index is 2.93. The summed E-state index contributed by atoms with van der Waals surface area (Å²) in [6.07, 6.45) is 3.46. The predicted octanol–water partition coefficient (Wildman–Crippen LogP) is 2.83. The van der Waals surface area contributed by atoms with Crippen molar-refractivity contribution in [3.05, 3.63) is 50.6 Å². The van der Waals surface area contributed by atoms with Crippen LogP contribution in [0.4, 0.5) is 11.4 Å². The van der Waals surface area contributed by atoms with Gasteiger partial charge in [0.05, 0.1) is 15.9 Å². The SMILES string of the molecule is O=[N+]([O-])c1ccc(OC/C=C/CBr)c([N+](=O)[O-])c1. The number of allylic oxidation sites excluding steroid dienone is 1. The topological polar surface area (TPSA) is 95.5 Å². The number of halogens is 1. The van der Waals surface area contributed by atoms with E-state index in [1.165, 1.54) is 6.07 Å². The van der Waals surface area contributed by atoms with Gasteiger partial charge in [-0.2, -0.15) is 0 Å². The summed E-state index contributed by atoms with van der Waals surface area (Å²) in [6, 6.07) is 3.26.